The molecule has 0 aromatic carbocycles. The average Bonchev–Trinajstić information content (AvgIpc) is 3.09. The van der Waals surface area contributed by atoms with Crippen molar-refractivity contribution in [1.82, 2.24) is 10.6 Å². The molecule has 3 rings (SSSR count). The van der Waals surface area contributed by atoms with Crippen LogP contribution in [-0.4, -0.2) is 226 Å². The zero-order valence-corrected chi connectivity index (χ0v) is 28.0. The van der Waals surface area contributed by atoms with Crippen LogP contribution in [0.3, 0.4) is 0 Å². The Labute approximate surface area is 298 Å². The van der Waals surface area contributed by atoms with Crippen LogP contribution in [0.4, 0.5) is 0 Å². The molecule has 15 N–H and O–H groups in total. The highest BCUT2D eigenvalue weighted by Gasteiger charge is 2.56. The normalized spacial score (nSPS) is 40.0. The predicted octanol–water partition coefficient (Wildman–Crippen LogP) is -9.64. The number of carboxylic acids is 2. The lowest BCUT2D eigenvalue weighted by Crippen LogP contribution is -2.70. The molecule has 25 heteroatoms. The van der Waals surface area contributed by atoms with Crippen molar-refractivity contribution in [2.45, 2.75) is 130 Å². The third kappa shape index (κ3) is 10.3. The minimum absolute atomic E-state index is 0.778. The van der Waals surface area contributed by atoms with Gasteiger partial charge >= 0.3 is 11.9 Å². The Bertz CT molecular complexity index is 1250. The number of aliphatic carboxylic acids is 2. The van der Waals surface area contributed by atoms with Gasteiger partial charge in [0.1, 0.15) is 79.3 Å². The first kappa shape index (κ1) is 44.6. The monoisotopic (exact) mass is 778 g/mol. The van der Waals surface area contributed by atoms with E-state index >= 15 is 0 Å². The summed E-state index contributed by atoms with van der Waals surface area (Å²) in [4.78, 5) is 48.0. The number of rotatable bonds is 16. The van der Waals surface area contributed by atoms with Gasteiger partial charge in [-0.05, 0) is 0 Å². The molecule has 0 aromatic rings. The van der Waals surface area contributed by atoms with Gasteiger partial charge in [-0.1, -0.05) is 0 Å². The third-order valence-electron chi connectivity index (χ3n) is 8.60. The molecular formula is C28H46N2O23. The minimum Gasteiger partial charge on any atom is -0.479 e. The molecule has 25 nitrogen and oxygen atoms in total. The highest BCUT2D eigenvalue weighted by molar-refractivity contribution is 5.74. The standard InChI is InChI=1S/C28H46N2O23/c1-6(34)29-8(3-31)19(12(37)9(36)4-32)49-28-18(43)16(41)21(23(53-28)25(46)47)51-26-11(30-7(2)35)20(13(38)10(5-33)48-26)50-27-17(42)14(39)15(40)22(52-27)24(44)45/h8-23,26-28,31-33,36-43H,3-5H2,1-2H3,(H,29,34)(H,30,35)(H,44,45)(H,46,47)/t8?,9?,10?,11?,12-,13-,14+,15+,16-,17?,18?,19-,20-,21+,22?,23?,26+,27-,28-/m1/s1. The number of nitrogens with one attached hydrogen (secondary N) is 2. The van der Waals surface area contributed by atoms with E-state index in [1.807, 2.05) is 0 Å². The van der Waals surface area contributed by atoms with E-state index in [1.54, 1.807) is 0 Å². The van der Waals surface area contributed by atoms with Crippen LogP contribution in [0, 0.1) is 0 Å². The number of hydrogen-bond donors (Lipinski definition) is 15. The van der Waals surface area contributed by atoms with Gasteiger partial charge < -0.3 is 105 Å². The van der Waals surface area contributed by atoms with Crippen molar-refractivity contribution < 1.29 is 114 Å². The van der Waals surface area contributed by atoms with Crippen molar-refractivity contribution >= 4 is 23.8 Å². The Kier molecular flexibility index (Phi) is 16.1. The Morgan fingerprint density at radius 1 is 0.660 bits per heavy atom. The number of carbonyl (C=O) groups excluding carboxylic acids is 2. The maximum atomic E-state index is 12.4. The van der Waals surface area contributed by atoms with E-state index in [1.165, 1.54) is 0 Å². The van der Waals surface area contributed by atoms with Gasteiger partial charge in [0.25, 0.3) is 0 Å². The lowest BCUT2D eigenvalue weighted by Gasteiger charge is -2.49. The summed E-state index contributed by atoms with van der Waals surface area (Å²) < 4.78 is 32.7. The Hall–Kier alpha value is -2.80. The van der Waals surface area contributed by atoms with Crippen LogP contribution in [0.5, 0.6) is 0 Å². The van der Waals surface area contributed by atoms with Crippen molar-refractivity contribution in [1.29, 1.82) is 0 Å². The molecule has 0 aromatic heterocycles. The number of ether oxygens (including phenoxy) is 6. The van der Waals surface area contributed by atoms with Gasteiger partial charge in [-0.25, -0.2) is 9.59 Å². The van der Waals surface area contributed by atoms with Gasteiger partial charge in [-0.2, -0.15) is 0 Å². The number of amides is 2. The summed E-state index contributed by atoms with van der Waals surface area (Å²) in [6.45, 7) is -1.11. The molecule has 0 saturated carbocycles. The fraction of sp³-hybridized carbons (Fsp3) is 0.857. The smallest absolute Gasteiger partial charge is 0.335 e. The number of carbonyl (C=O) groups is 4. The molecule has 53 heavy (non-hydrogen) atoms. The molecule has 3 fully saturated rings. The van der Waals surface area contributed by atoms with Crippen LogP contribution in [0.1, 0.15) is 13.8 Å². The van der Waals surface area contributed by atoms with Crippen molar-refractivity contribution in [3.63, 3.8) is 0 Å². The van der Waals surface area contributed by atoms with Gasteiger partial charge in [0, 0.05) is 13.8 Å². The molecule has 0 radical (unpaired) electrons. The highest BCUT2D eigenvalue weighted by Crippen LogP contribution is 2.33. The van der Waals surface area contributed by atoms with Crippen LogP contribution in [0.25, 0.3) is 0 Å². The summed E-state index contributed by atoms with van der Waals surface area (Å²) in [7, 11) is 0. The van der Waals surface area contributed by atoms with Crippen LogP contribution in [0.15, 0.2) is 0 Å². The number of hydrogen-bond acceptors (Lipinski definition) is 21. The van der Waals surface area contributed by atoms with Gasteiger partial charge in [0.15, 0.2) is 31.1 Å². The summed E-state index contributed by atoms with van der Waals surface area (Å²) >= 11 is 0. The fourth-order valence-electron chi connectivity index (χ4n) is 5.90. The Morgan fingerprint density at radius 3 is 1.74 bits per heavy atom. The highest BCUT2D eigenvalue weighted by atomic mass is 16.8. The molecular weight excluding hydrogens is 732 g/mol. The van der Waals surface area contributed by atoms with Crippen LogP contribution >= 0.6 is 0 Å². The topological polar surface area (TPSA) is 411 Å². The van der Waals surface area contributed by atoms with Crippen molar-refractivity contribution in [3.8, 4) is 0 Å². The van der Waals surface area contributed by atoms with Gasteiger partial charge in [-0.3, -0.25) is 9.59 Å². The van der Waals surface area contributed by atoms with E-state index in [2.05, 4.69) is 10.6 Å². The maximum absolute atomic E-state index is 12.4. The van der Waals surface area contributed by atoms with E-state index in [0.29, 0.717) is 0 Å². The van der Waals surface area contributed by atoms with E-state index in [0.717, 1.165) is 13.8 Å². The van der Waals surface area contributed by atoms with Crippen molar-refractivity contribution in [2.75, 3.05) is 19.8 Å². The first-order chi connectivity index (χ1) is 24.8. The predicted molar refractivity (Wildman–Crippen MR) is 160 cm³/mol. The zero-order chi connectivity index (χ0) is 40.1. The van der Waals surface area contributed by atoms with Gasteiger partial charge in [-0.15, -0.1) is 0 Å². The number of aliphatic hydroxyl groups is 11. The van der Waals surface area contributed by atoms with Crippen LogP contribution in [-0.2, 0) is 47.6 Å². The van der Waals surface area contributed by atoms with E-state index in [9.17, 15) is 85.6 Å². The fourth-order valence-corrected chi connectivity index (χ4v) is 5.90. The molecule has 0 bridgehead atoms. The van der Waals surface area contributed by atoms with Gasteiger partial charge in [0.2, 0.25) is 11.8 Å². The Morgan fingerprint density at radius 2 is 1.23 bits per heavy atom. The van der Waals surface area contributed by atoms with E-state index in [-0.39, 0.29) is 0 Å². The lowest BCUT2D eigenvalue weighted by atomic mass is 9.94. The van der Waals surface area contributed by atoms with Crippen LogP contribution in [0.2, 0.25) is 0 Å². The van der Waals surface area contributed by atoms with Crippen LogP contribution < -0.4 is 10.6 Å². The summed E-state index contributed by atoms with van der Waals surface area (Å²) in [6, 6.07) is -3.38. The number of aliphatic hydroxyl groups excluding tert-OH is 11. The summed E-state index contributed by atoms with van der Waals surface area (Å²) in [5, 5.41) is 138. The first-order valence-electron chi connectivity index (χ1n) is 16.0. The molecule has 0 aliphatic carbocycles. The molecule has 3 saturated heterocycles. The van der Waals surface area contributed by atoms with E-state index in [4.69, 9.17) is 28.4 Å². The Balaban J connectivity index is 1.96. The first-order valence-corrected chi connectivity index (χ1v) is 16.0. The summed E-state index contributed by atoms with van der Waals surface area (Å²) in [5.41, 5.74) is 0. The molecule has 3 aliphatic heterocycles. The molecule has 19 atom stereocenters. The molecule has 8 unspecified atom stereocenters. The summed E-state index contributed by atoms with van der Waals surface area (Å²) in [6.07, 6.45) is -35.9. The average molecular weight is 779 g/mol. The molecule has 0 spiro atoms. The van der Waals surface area contributed by atoms with E-state index < -0.39 is 160 Å². The second-order valence-electron chi connectivity index (χ2n) is 12.5. The molecule has 2 amide bonds. The largest absolute Gasteiger partial charge is 0.479 e. The molecule has 306 valence electrons. The lowest BCUT2D eigenvalue weighted by molar-refractivity contribution is -0.364. The molecule has 3 aliphatic rings. The zero-order valence-electron chi connectivity index (χ0n) is 28.0. The minimum atomic E-state index is -2.35. The number of carboxylic acid groups (broad SMARTS) is 2. The van der Waals surface area contributed by atoms with Crippen molar-refractivity contribution in [3.05, 3.63) is 0 Å². The van der Waals surface area contributed by atoms with Crippen molar-refractivity contribution in [2.24, 2.45) is 0 Å². The molecule has 3 heterocycles. The SMILES string of the molecule is CC(=O)NC(CO)[C@@H](O[C@@H]1OC(C(=O)O)[C@@H](O[C@@H]2OC(CO)[C@@H](O)[C@H](O[C@@H]3OC(C(=O)O)[C@@H](O)[C@H](O)C3O)C2NC(C)=O)[C@H](O)C1O)[C@H](O)C(O)CO. The second kappa shape index (κ2) is 19.2. The summed E-state index contributed by atoms with van der Waals surface area (Å²) in [5.74, 6) is -5.36. The third-order valence-corrected chi connectivity index (χ3v) is 8.60. The van der Waals surface area contributed by atoms with Gasteiger partial charge in [0.05, 0.1) is 25.9 Å². The second-order valence-corrected chi connectivity index (χ2v) is 12.5. The maximum Gasteiger partial charge on any atom is 0.335 e. The quantitative estimate of drug-likeness (QED) is 0.0691.